The third-order valence-electron chi connectivity index (χ3n) is 5.00. The number of piperidine rings is 1. The van der Waals surface area contributed by atoms with Crippen LogP contribution in [0.1, 0.15) is 35.3 Å². The van der Waals surface area contributed by atoms with Crippen molar-refractivity contribution < 1.29 is 4.79 Å². The Morgan fingerprint density at radius 1 is 1.08 bits per heavy atom. The van der Waals surface area contributed by atoms with Gasteiger partial charge in [0.2, 0.25) is 0 Å². The largest absolute Gasteiger partial charge is 0.334 e. The Bertz CT molecular complexity index is 981. The summed E-state index contributed by atoms with van der Waals surface area (Å²) in [5.74, 6) is -0.266. The summed E-state index contributed by atoms with van der Waals surface area (Å²) in [6.45, 7) is 0.671. The summed E-state index contributed by atoms with van der Waals surface area (Å²) >= 11 is 0. The number of fused-ring (bicyclic) bond motifs is 1. The standard InChI is InChI=1S/C21H21N3O2/c25-20-19(22-17-11-4-5-12-18(17)23-20)21(26)24-13-7-6-10-16(24)14-15-8-2-1-3-9-15/h1-5,8-9,11-12,16H,6-7,10,13-14H2,(H,23,25). The fourth-order valence-electron chi connectivity index (χ4n) is 3.68. The molecule has 0 radical (unpaired) electrons. The number of H-pyrrole nitrogens is 1. The number of nitrogens with one attached hydrogen (secondary N) is 1. The van der Waals surface area contributed by atoms with Crippen LogP contribution in [-0.2, 0) is 6.42 Å². The van der Waals surface area contributed by atoms with Crippen LogP contribution in [0.25, 0.3) is 11.0 Å². The van der Waals surface area contributed by atoms with Crippen molar-refractivity contribution in [2.75, 3.05) is 6.54 Å². The number of aromatic nitrogens is 2. The van der Waals surface area contributed by atoms with E-state index in [1.165, 1.54) is 5.56 Å². The number of nitrogens with zero attached hydrogens (tertiary/aromatic N) is 2. The second-order valence-corrected chi connectivity index (χ2v) is 6.77. The van der Waals surface area contributed by atoms with E-state index in [1.54, 1.807) is 12.1 Å². The molecule has 1 atom stereocenters. The molecule has 0 saturated carbocycles. The molecule has 26 heavy (non-hydrogen) atoms. The number of carbonyl (C=O) groups is 1. The van der Waals surface area contributed by atoms with E-state index in [-0.39, 0.29) is 17.6 Å². The van der Waals surface area contributed by atoms with Gasteiger partial charge in [0.05, 0.1) is 11.0 Å². The molecule has 5 heteroatoms. The van der Waals surface area contributed by atoms with Crippen LogP contribution in [0.2, 0.25) is 0 Å². The molecule has 1 unspecified atom stereocenters. The molecule has 2 aromatic carbocycles. The molecule has 0 spiro atoms. The summed E-state index contributed by atoms with van der Waals surface area (Å²) in [4.78, 5) is 34.5. The first-order valence-corrected chi connectivity index (χ1v) is 9.06. The number of hydrogen-bond donors (Lipinski definition) is 1. The summed E-state index contributed by atoms with van der Waals surface area (Å²) < 4.78 is 0. The van der Waals surface area contributed by atoms with Crippen molar-refractivity contribution in [3.63, 3.8) is 0 Å². The van der Waals surface area contributed by atoms with E-state index < -0.39 is 5.56 Å². The Hall–Kier alpha value is -2.95. The van der Waals surface area contributed by atoms with Gasteiger partial charge in [-0.05, 0) is 43.4 Å². The minimum absolute atomic E-state index is 0.0105. The van der Waals surface area contributed by atoms with E-state index >= 15 is 0 Å². The molecule has 5 nitrogen and oxygen atoms in total. The van der Waals surface area contributed by atoms with E-state index in [0.29, 0.717) is 17.6 Å². The Morgan fingerprint density at radius 3 is 2.69 bits per heavy atom. The Labute approximate surface area is 151 Å². The van der Waals surface area contributed by atoms with Gasteiger partial charge in [-0.15, -0.1) is 0 Å². The van der Waals surface area contributed by atoms with Gasteiger partial charge in [0.15, 0.2) is 5.69 Å². The summed E-state index contributed by atoms with van der Waals surface area (Å²) in [5, 5.41) is 0. The fourth-order valence-corrected chi connectivity index (χ4v) is 3.68. The highest BCUT2D eigenvalue weighted by Crippen LogP contribution is 2.22. The predicted octanol–water partition coefficient (Wildman–Crippen LogP) is 3.16. The number of likely N-dealkylation sites (tertiary alicyclic amines) is 1. The zero-order valence-electron chi connectivity index (χ0n) is 14.5. The number of amides is 1. The maximum absolute atomic E-state index is 13.1. The minimum Gasteiger partial charge on any atom is -0.334 e. The molecule has 1 aromatic heterocycles. The highest BCUT2D eigenvalue weighted by Gasteiger charge is 2.30. The van der Waals surface area contributed by atoms with Gasteiger partial charge in [0, 0.05) is 12.6 Å². The maximum atomic E-state index is 13.1. The first-order valence-electron chi connectivity index (χ1n) is 9.06. The molecule has 0 aliphatic carbocycles. The average molecular weight is 347 g/mol. The fraction of sp³-hybridized carbons (Fsp3) is 0.286. The van der Waals surface area contributed by atoms with Crippen LogP contribution in [0.15, 0.2) is 59.4 Å². The quantitative estimate of drug-likeness (QED) is 0.791. The molecule has 1 aliphatic rings. The Balaban J connectivity index is 1.65. The summed E-state index contributed by atoms with van der Waals surface area (Å²) in [6.07, 6.45) is 3.81. The molecule has 2 heterocycles. The zero-order valence-corrected chi connectivity index (χ0v) is 14.5. The molecule has 1 saturated heterocycles. The van der Waals surface area contributed by atoms with Gasteiger partial charge in [-0.1, -0.05) is 42.5 Å². The summed E-state index contributed by atoms with van der Waals surface area (Å²) in [5.41, 5.74) is 2.06. The van der Waals surface area contributed by atoms with Crippen molar-refractivity contribution in [3.05, 3.63) is 76.2 Å². The number of hydrogen-bond acceptors (Lipinski definition) is 3. The summed E-state index contributed by atoms with van der Waals surface area (Å²) in [6, 6.07) is 17.6. The third kappa shape index (κ3) is 3.25. The maximum Gasteiger partial charge on any atom is 0.280 e. The van der Waals surface area contributed by atoms with Gasteiger partial charge >= 0.3 is 0 Å². The van der Waals surface area contributed by atoms with E-state index in [2.05, 4.69) is 22.1 Å². The van der Waals surface area contributed by atoms with Crippen LogP contribution in [0.4, 0.5) is 0 Å². The van der Waals surface area contributed by atoms with Crippen molar-refractivity contribution in [1.82, 2.24) is 14.9 Å². The van der Waals surface area contributed by atoms with Crippen molar-refractivity contribution in [1.29, 1.82) is 0 Å². The van der Waals surface area contributed by atoms with Gasteiger partial charge in [-0.3, -0.25) is 9.59 Å². The van der Waals surface area contributed by atoms with Crippen LogP contribution in [0, 0.1) is 0 Å². The first-order chi connectivity index (χ1) is 12.7. The van der Waals surface area contributed by atoms with Gasteiger partial charge in [0.1, 0.15) is 0 Å². The molecular formula is C21H21N3O2. The van der Waals surface area contributed by atoms with E-state index in [9.17, 15) is 9.59 Å². The highest BCUT2D eigenvalue weighted by atomic mass is 16.2. The monoisotopic (exact) mass is 347 g/mol. The van der Waals surface area contributed by atoms with Crippen LogP contribution in [-0.4, -0.2) is 33.4 Å². The normalized spacial score (nSPS) is 17.4. The van der Waals surface area contributed by atoms with Gasteiger partial charge in [-0.2, -0.15) is 0 Å². The molecule has 1 fully saturated rings. The first kappa shape index (κ1) is 16.5. The lowest BCUT2D eigenvalue weighted by molar-refractivity contribution is 0.0606. The van der Waals surface area contributed by atoms with E-state index in [0.717, 1.165) is 25.7 Å². The third-order valence-corrected chi connectivity index (χ3v) is 5.00. The molecule has 1 aliphatic heterocycles. The molecular weight excluding hydrogens is 326 g/mol. The molecule has 0 bridgehead atoms. The molecule has 4 rings (SSSR count). The highest BCUT2D eigenvalue weighted by molar-refractivity contribution is 5.94. The number of aromatic amines is 1. The Morgan fingerprint density at radius 2 is 1.85 bits per heavy atom. The number of carbonyl (C=O) groups excluding carboxylic acids is 1. The second-order valence-electron chi connectivity index (χ2n) is 6.77. The second kappa shape index (κ2) is 7.12. The van der Waals surface area contributed by atoms with Crippen molar-refractivity contribution in [3.8, 4) is 0 Å². The smallest absolute Gasteiger partial charge is 0.280 e. The molecule has 132 valence electrons. The lowest BCUT2D eigenvalue weighted by Crippen LogP contribution is -2.46. The lowest BCUT2D eigenvalue weighted by atomic mass is 9.95. The Kier molecular flexibility index (Phi) is 4.52. The van der Waals surface area contributed by atoms with Gasteiger partial charge in [0.25, 0.3) is 11.5 Å². The average Bonchev–Trinajstić information content (AvgIpc) is 2.68. The number of para-hydroxylation sites is 2. The topological polar surface area (TPSA) is 66.1 Å². The number of rotatable bonds is 3. The lowest BCUT2D eigenvalue weighted by Gasteiger charge is -2.35. The van der Waals surface area contributed by atoms with Crippen molar-refractivity contribution in [2.24, 2.45) is 0 Å². The summed E-state index contributed by atoms with van der Waals surface area (Å²) in [7, 11) is 0. The number of benzene rings is 2. The van der Waals surface area contributed by atoms with Crippen LogP contribution < -0.4 is 5.56 Å². The van der Waals surface area contributed by atoms with Crippen LogP contribution >= 0.6 is 0 Å². The minimum atomic E-state index is -0.419. The van der Waals surface area contributed by atoms with Crippen LogP contribution in [0.5, 0.6) is 0 Å². The molecule has 3 aromatic rings. The van der Waals surface area contributed by atoms with E-state index in [4.69, 9.17) is 0 Å². The molecule has 1 N–H and O–H groups in total. The zero-order chi connectivity index (χ0) is 17.9. The van der Waals surface area contributed by atoms with Crippen molar-refractivity contribution in [2.45, 2.75) is 31.7 Å². The predicted molar refractivity (Wildman–Crippen MR) is 101 cm³/mol. The van der Waals surface area contributed by atoms with Gasteiger partial charge < -0.3 is 9.88 Å². The van der Waals surface area contributed by atoms with Crippen LogP contribution in [0.3, 0.4) is 0 Å². The van der Waals surface area contributed by atoms with Gasteiger partial charge in [-0.25, -0.2) is 4.98 Å². The van der Waals surface area contributed by atoms with E-state index in [1.807, 2.05) is 35.2 Å². The van der Waals surface area contributed by atoms with Crippen molar-refractivity contribution >= 4 is 16.9 Å². The molecule has 1 amide bonds. The SMILES string of the molecule is O=C(c1nc2ccccc2[nH]c1=O)N1CCCCC1Cc1ccccc1.